The van der Waals surface area contributed by atoms with Gasteiger partial charge in [-0.2, -0.15) is 0 Å². The molecule has 0 saturated heterocycles. The van der Waals surface area contributed by atoms with Crippen molar-refractivity contribution in [3.8, 4) is 0 Å². The number of nitrogens with one attached hydrogen (secondary N) is 1. The first-order valence-electron chi connectivity index (χ1n) is 12.2. The van der Waals surface area contributed by atoms with Gasteiger partial charge in [0, 0.05) is 17.2 Å². The van der Waals surface area contributed by atoms with E-state index in [1.807, 2.05) is 32.0 Å². The van der Waals surface area contributed by atoms with Crippen LogP contribution in [-0.4, -0.2) is 36.8 Å². The number of rotatable bonds is 9. The number of anilines is 1. The molecule has 184 valence electrons. The monoisotopic (exact) mass is 477 g/mol. The predicted molar refractivity (Wildman–Crippen MR) is 130 cm³/mol. The molecular weight excluding hydrogens is 446 g/mol. The molecule has 0 unspecified atom stereocenters. The lowest BCUT2D eigenvalue weighted by Gasteiger charge is -2.28. The lowest BCUT2D eigenvalue weighted by Crippen LogP contribution is -2.37. The second-order valence-corrected chi connectivity index (χ2v) is 9.84. The van der Waals surface area contributed by atoms with Crippen molar-refractivity contribution in [2.45, 2.75) is 33.1 Å². The highest BCUT2D eigenvalue weighted by Crippen LogP contribution is 2.53. The van der Waals surface area contributed by atoms with E-state index in [2.05, 4.69) is 5.32 Å². The van der Waals surface area contributed by atoms with Crippen LogP contribution >= 0.6 is 0 Å². The van der Waals surface area contributed by atoms with E-state index < -0.39 is 36.3 Å². The van der Waals surface area contributed by atoms with E-state index in [1.54, 1.807) is 36.4 Å². The van der Waals surface area contributed by atoms with Crippen molar-refractivity contribution in [2.75, 3.05) is 18.5 Å². The average Bonchev–Trinajstić information content (AvgIpc) is 3.48. The molecule has 2 fully saturated rings. The molecule has 2 aromatic rings. The average molecular weight is 478 g/mol. The largest absolute Gasteiger partial charge is 0.462 e. The van der Waals surface area contributed by atoms with Crippen molar-refractivity contribution in [1.82, 2.24) is 0 Å². The first kappa shape index (κ1) is 24.6. The molecule has 2 aliphatic carbocycles. The third-order valence-corrected chi connectivity index (χ3v) is 6.85. The zero-order valence-electron chi connectivity index (χ0n) is 20.1. The standard InChI is InChI=1S/C28H31NO6/c1-17(2)15-34-27(32)19-10-12-22(13-11-19)29-23(30)16-35-28(33)25-21-9-8-20(14-21)24(25)26(31)18-6-4-3-5-7-18/h3-7,10-13,17,20-21,24-25H,8-9,14-16H2,1-2H3,(H,29,30)/t20-,21-,24-,25-/m0/s1. The highest BCUT2D eigenvalue weighted by Gasteiger charge is 2.54. The number of carbonyl (C=O) groups excluding carboxylic acids is 4. The van der Waals surface area contributed by atoms with Crippen LogP contribution in [0.1, 0.15) is 53.8 Å². The van der Waals surface area contributed by atoms with Crippen LogP contribution in [0, 0.1) is 29.6 Å². The Hall–Kier alpha value is -3.48. The number of ketones is 1. The highest BCUT2D eigenvalue weighted by molar-refractivity contribution is 6.01. The quantitative estimate of drug-likeness (QED) is 0.421. The van der Waals surface area contributed by atoms with Gasteiger partial charge in [-0.05, 0) is 61.3 Å². The molecule has 2 saturated carbocycles. The first-order valence-corrected chi connectivity index (χ1v) is 12.2. The Morgan fingerprint density at radius 2 is 1.51 bits per heavy atom. The SMILES string of the molecule is CC(C)COC(=O)c1ccc(NC(=O)COC(=O)[C@H]2[C@H]3CC[C@@H](C3)[C@@H]2C(=O)c2ccccc2)cc1. The molecule has 1 N–H and O–H groups in total. The normalized spacial score (nSPS) is 22.6. The fourth-order valence-electron chi connectivity index (χ4n) is 5.25. The van der Waals surface area contributed by atoms with Crippen molar-refractivity contribution in [2.24, 2.45) is 29.6 Å². The van der Waals surface area contributed by atoms with Gasteiger partial charge in [-0.1, -0.05) is 44.2 Å². The minimum atomic E-state index is -0.509. The van der Waals surface area contributed by atoms with E-state index in [4.69, 9.17) is 9.47 Å². The van der Waals surface area contributed by atoms with E-state index in [9.17, 15) is 19.2 Å². The number of benzene rings is 2. The van der Waals surface area contributed by atoms with Gasteiger partial charge in [0.05, 0.1) is 18.1 Å². The van der Waals surface area contributed by atoms with Gasteiger partial charge in [0.15, 0.2) is 12.4 Å². The molecule has 7 heteroatoms. The minimum absolute atomic E-state index is 0.0174. The molecule has 2 aromatic carbocycles. The molecule has 1 amide bonds. The molecular formula is C28H31NO6. The summed E-state index contributed by atoms with van der Waals surface area (Å²) in [6, 6.07) is 15.4. The van der Waals surface area contributed by atoms with Gasteiger partial charge in [-0.3, -0.25) is 14.4 Å². The number of carbonyl (C=O) groups is 4. The van der Waals surface area contributed by atoms with Crippen LogP contribution in [0.25, 0.3) is 0 Å². The van der Waals surface area contributed by atoms with Crippen molar-refractivity contribution < 1.29 is 28.7 Å². The molecule has 0 spiro atoms. The lowest BCUT2D eigenvalue weighted by molar-refractivity contribution is -0.154. The first-order chi connectivity index (χ1) is 16.8. The number of hydrogen-bond donors (Lipinski definition) is 1. The summed E-state index contributed by atoms with van der Waals surface area (Å²) in [7, 11) is 0. The fraction of sp³-hybridized carbons (Fsp3) is 0.429. The van der Waals surface area contributed by atoms with Crippen molar-refractivity contribution in [3.05, 3.63) is 65.7 Å². The van der Waals surface area contributed by atoms with Gasteiger partial charge in [0.25, 0.3) is 5.91 Å². The number of Topliss-reactive ketones (excluding diaryl/α,β-unsaturated/α-hetero) is 1. The van der Waals surface area contributed by atoms with E-state index in [-0.39, 0.29) is 23.5 Å². The zero-order chi connectivity index (χ0) is 24.9. The Morgan fingerprint density at radius 1 is 0.857 bits per heavy atom. The van der Waals surface area contributed by atoms with E-state index >= 15 is 0 Å². The Morgan fingerprint density at radius 3 is 2.17 bits per heavy atom. The van der Waals surface area contributed by atoms with Crippen LogP contribution in [-0.2, 0) is 19.1 Å². The van der Waals surface area contributed by atoms with Crippen LogP contribution in [0.5, 0.6) is 0 Å². The Labute approximate surface area is 205 Å². The van der Waals surface area contributed by atoms with Gasteiger partial charge < -0.3 is 14.8 Å². The molecule has 4 rings (SSSR count). The molecule has 0 aliphatic heterocycles. The topological polar surface area (TPSA) is 98.8 Å². The Kier molecular flexibility index (Phi) is 7.63. The van der Waals surface area contributed by atoms with Gasteiger partial charge in [0.1, 0.15) is 0 Å². The third kappa shape index (κ3) is 5.78. The fourth-order valence-corrected chi connectivity index (χ4v) is 5.25. The minimum Gasteiger partial charge on any atom is -0.462 e. The van der Waals surface area contributed by atoms with E-state index in [0.29, 0.717) is 23.4 Å². The van der Waals surface area contributed by atoms with Gasteiger partial charge in [0.2, 0.25) is 0 Å². The number of hydrogen-bond acceptors (Lipinski definition) is 6. The van der Waals surface area contributed by atoms with Gasteiger partial charge >= 0.3 is 11.9 Å². The number of fused-ring (bicyclic) bond motifs is 2. The van der Waals surface area contributed by atoms with Crippen LogP contribution in [0.4, 0.5) is 5.69 Å². The Bertz CT molecular complexity index is 1080. The van der Waals surface area contributed by atoms with Crippen molar-refractivity contribution >= 4 is 29.3 Å². The number of ether oxygens (including phenoxy) is 2. The zero-order valence-corrected chi connectivity index (χ0v) is 20.1. The number of amides is 1. The summed E-state index contributed by atoms with van der Waals surface area (Å²) in [5, 5.41) is 2.66. The smallest absolute Gasteiger partial charge is 0.338 e. The highest BCUT2D eigenvalue weighted by atomic mass is 16.5. The van der Waals surface area contributed by atoms with Crippen molar-refractivity contribution in [1.29, 1.82) is 0 Å². The summed E-state index contributed by atoms with van der Waals surface area (Å²) >= 11 is 0. The van der Waals surface area contributed by atoms with Crippen molar-refractivity contribution in [3.63, 3.8) is 0 Å². The summed E-state index contributed by atoms with van der Waals surface area (Å²) in [5.74, 6) is -1.76. The molecule has 0 aromatic heterocycles. The van der Waals surface area contributed by atoms with E-state index in [1.165, 1.54) is 0 Å². The van der Waals surface area contributed by atoms with Gasteiger partial charge in [-0.15, -0.1) is 0 Å². The second kappa shape index (κ2) is 10.8. The van der Waals surface area contributed by atoms with E-state index in [0.717, 1.165) is 19.3 Å². The van der Waals surface area contributed by atoms with Crippen LogP contribution in [0.2, 0.25) is 0 Å². The molecule has 7 nitrogen and oxygen atoms in total. The summed E-state index contributed by atoms with van der Waals surface area (Å²) < 4.78 is 10.6. The maximum Gasteiger partial charge on any atom is 0.338 e. The maximum atomic E-state index is 13.2. The lowest BCUT2D eigenvalue weighted by atomic mass is 9.75. The van der Waals surface area contributed by atoms with Crippen LogP contribution in [0.15, 0.2) is 54.6 Å². The van der Waals surface area contributed by atoms with Crippen LogP contribution < -0.4 is 5.32 Å². The summed E-state index contributed by atoms with van der Waals surface area (Å²) in [4.78, 5) is 50.5. The van der Waals surface area contributed by atoms with Crippen LogP contribution in [0.3, 0.4) is 0 Å². The maximum absolute atomic E-state index is 13.2. The summed E-state index contributed by atoms with van der Waals surface area (Å²) in [6.07, 6.45) is 2.70. The molecule has 4 atom stereocenters. The molecule has 2 aliphatic rings. The summed E-state index contributed by atoms with van der Waals surface area (Å²) in [6.45, 7) is 3.81. The Balaban J connectivity index is 1.31. The van der Waals surface area contributed by atoms with Gasteiger partial charge in [-0.25, -0.2) is 4.79 Å². The summed E-state index contributed by atoms with van der Waals surface area (Å²) in [5.41, 5.74) is 1.47. The molecule has 2 bridgehead atoms. The number of esters is 2. The second-order valence-electron chi connectivity index (χ2n) is 9.84. The molecule has 0 radical (unpaired) electrons. The molecule has 0 heterocycles. The third-order valence-electron chi connectivity index (χ3n) is 6.85. The predicted octanol–water partition coefficient (Wildman–Crippen LogP) is 4.53. The molecule has 35 heavy (non-hydrogen) atoms.